The third-order valence-corrected chi connectivity index (χ3v) is 2.25. The fourth-order valence-corrected chi connectivity index (χ4v) is 1.30. The quantitative estimate of drug-likeness (QED) is 0.479. The molecular weight excluding hydrogens is 232 g/mol. The molecule has 0 aromatic carbocycles. The van der Waals surface area contributed by atoms with Crippen molar-refractivity contribution in [3.63, 3.8) is 0 Å². The second-order valence-electron chi connectivity index (χ2n) is 3.42. The van der Waals surface area contributed by atoms with E-state index in [2.05, 4.69) is 10.1 Å². The Hall–Kier alpha value is -0.970. The van der Waals surface area contributed by atoms with E-state index in [1.807, 2.05) is 0 Å². The smallest absolute Gasteiger partial charge is 0.404 e. The molecule has 16 heavy (non-hydrogen) atoms. The van der Waals surface area contributed by atoms with E-state index < -0.39 is 6.09 Å². The van der Waals surface area contributed by atoms with Crippen molar-refractivity contribution < 1.29 is 14.3 Å². The topological polar surface area (TPSA) is 81.4 Å². The lowest BCUT2D eigenvalue weighted by molar-refractivity contribution is -0.118. The number of carbonyl (C=O) groups is 2. The van der Waals surface area contributed by atoms with Crippen molar-refractivity contribution in [2.45, 2.75) is 32.1 Å². The maximum Gasteiger partial charge on any atom is 0.404 e. The number of ether oxygens (including phenoxy) is 1. The fourth-order valence-electron chi connectivity index (χ4n) is 1.21. The zero-order chi connectivity index (χ0) is 12.2. The van der Waals surface area contributed by atoms with Crippen LogP contribution in [0.4, 0.5) is 4.79 Å². The lowest BCUT2D eigenvalue weighted by Crippen LogP contribution is -2.25. The van der Waals surface area contributed by atoms with E-state index in [0.29, 0.717) is 13.2 Å². The minimum Gasteiger partial charge on any atom is -0.450 e. The van der Waals surface area contributed by atoms with E-state index in [-0.39, 0.29) is 11.8 Å². The molecule has 2 amide bonds. The van der Waals surface area contributed by atoms with E-state index in [1.54, 1.807) is 0 Å². The average molecular weight is 251 g/mol. The Morgan fingerprint density at radius 1 is 1.12 bits per heavy atom. The van der Waals surface area contributed by atoms with Crippen molar-refractivity contribution in [1.82, 2.24) is 5.32 Å². The zero-order valence-electron chi connectivity index (χ0n) is 9.34. The largest absolute Gasteiger partial charge is 0.450 e. The molecule has 3 N–H and O–H groups in total. The minimum absolute atomic E-state index is 0.0183. The molecule has 0 aromatic heterocycles. The maximum absolute atomic E-state index is 10.7. The van der Waals surface area contributed by atoms with Crippen LogP contribution in [0.15, 0.2) is 0 Å². The van der Waals surface area contributed by atoms with Gasteiger partial charge in [0.25, 0.3) is 0 Å². The van der Waals surface area contributed by atoms with E-state index in [0.717, 1.165) is 32.1 Å². The number of rotatable bonds is 9. The highest BCUT2D eigenvalue weighted by Crippen LogP contribution is 2.02. The fraction of sp³-hybridized carbons (Fsp3) is 0.800. The summed E-state index contributed by atoms with van der Waals surface area (Å²) in [4.78, 5) is 21.0. The molecule has 0 rings (SSSR count). The zero-order valence-corrected chi connectivity index (χ0v) is 10.1. The summed E-state index contributed by atoms with van der Waals surface area (Å²) in [7, 11) is 0. The molecule has 0 heterocycles. The molecule has 94 valence electrons. The maximum atomic E-state index is 10.7. The van der Waals surface area contributed by atoms with Gasteiger partial charge in [-0.05, 0) is 12.8 Å². The molecule has 6 heteroatoms. The highest BCUT2D eigenvalue weighted by Gasteiger charge is 1.97. The van der Waals surface area contributed by atoms with Crippen molar-refractivity contribution >= 4 is 23.6 Å². The number of halogens is 1. The Bertz CT molecular complexity index is 212. The summed E-state index contributed by atoms with van der Waals surface area (Å²) in [6.45, 7) is 1.06. The first kappa shape index (κ1) is 15.0. The highest BCUT2D eigenvalue weighted by atomic mass is 35.5. The van der Waals surface area contributed by atoms with Crippen LogP contribution in [-0.4, -0.2) is 31.0 Å². The van der Waals surface area contributed by atoms with E-state index in [9.17, 15) is 9.59 Å². The molecule has 0 atom stereocenters. The predicted octanol–water partition coefficient (Wildman–Crippen LogP) is 1.39. The van der Waals surface area contributed by atoms with Crippen LogP contribution in [0.25, 0.3) is 0 Å². The Labute approximate surface area is 101 Å². The third-order valence-electron chi connectivity index (χ3n) is 2.01. The minimum atomic E-state index is -0.719. The van der Waals surface area contributed by atoms with Crippen molar-refractivity contribution in [2.24, 2.45) is 5.73 Å². The van der Waals surface area contributed by atoms with Crippen LogP contribution in [0.5, 0.6) is 0 Å². The van der Waals surface area contributed by atoms with Crippen LogP contribution < -0.4 is 11.1 Å². The Morgan fingerprint density at radius 3 is 2.38 bits per heavy atom. The first-order valence-electron chi connectivity index (χ1n) is 5.41. The highest BCUT2D eigenvalue weighted by molar-refractivity contribution is 6.27. The number of primary amides is 1. The molecule has 0 spiro atoms. The summed E-state index contributed by atoms with van der Waals surface area (Å²) in [6.07, 6.45) is 4.15. The van der Waals surface area contributed by atoms with Gasteiger partial charge in [-0.25, -0.2) is 4.79 Å². The first-order valence-corrected chi connectivity index (χ1v) is 5.95. The van der Waals surface area contributed by atoms with Gasteiger partial charge in [0.2, 0.25) is 5.91 Å². The molecule has 0 saturated heterocycles. The van der Waals surface area contributed by atoms with Crippen molar-refractivity contribution in [3.8, 4) is 0 Å². The van der Waals surface area contributed by atoms with Crippen LogP contribution in [-0.2, 0) is 9.53 Å². The summed E-state index contributed by atoms with van der Waals surface area (Å²) in [5, 5.41) is 2.69. The number of amides is 2. The summed E-state index contributed by atoms with van der Waals surface area (Å²) < 4.78 is 4.58. The molecule has 0 aromatic rings. The van der Waals surface area contributed by atoms with Gasteiger partial charge in [0.15, 0.2) is 0 Å². The van der Waals surface area contributed by atoms with Crippen molar-refractivity contribution in [2.75, 3.05) is 19.0 Å². The van der Waals surface area contributed by atoms with Gasteiger partial charge in [-0.2, -0.15) is 0 Å². The van der Waals surface area contributed by atoms with Gasteiger partial charge in [0.1, 0.15) is 5.88 Å². The number of nitrogens with one attached hydrogen (secondary N) is 1. The molecule has 0 unspecified atom stereocenters. The summed E-state index contributed by atoms with van der Waals surface area (Å²) >= 11 is 5.31. The van der Waals surface area contributed by atoms with Gasteiger partial charge >= 0.3 is 6.09 Å². The van der Waals surface area contributed by atoms with Gasteiger partial charge < -0.3 is 15.8 Å². The van der Waals surface area contributed by atoms with Crippen molar-refractivity contribution in [1.29, 1.82) is 0 Å². The van der Waals surface area contributed by atoms with Crippen LogP contribution in [0.1, 0.15) is 32.1 Å². The third kappa shape index (κ3) is 11.1. The van der Waals surface area contributed by atoms with E-state index in [4.69, 9.17) is 17.3 Å². The number of hydrogen-bond donors (Lipinski definition) is 2. The van der Waals surface area contributed by atoms with Gasteiger partial charge in [-0.3, -0.25) is 4.79 Å². The number of carbonyl (C=O) groups excluding carboxylic acids is 2. The average Bonchev–Trinajstić information content (AvgIpc) is 2.26. The number of nitrogens with two attached hydrogens (primary N) is 1. The molecular formula is C10H19ClN2O3. The first-order chi connectivity index (χ1) is 7.66. The van der Waals surface area contributed by atoms with Gasteiger partial charge in [0.05, 0.1) is 6.61 Å². The van der Waals surface area contributed by atoms with E-state index in [1.165, 1.54) is 0 Å². The SMILES string of the molecule is NC(=O)OCCCCCCCNC(=O)CCl. The van der Waals surface area contributed by atoms with Gasteiger partial charge in [0, 0.05) is 6.54 Å². The van der Waals surface area contributed by atoms with Gasteiger partial charge in [-0.15, -0.1) is 11.6 Å². The molecule has 5 nitrogen and oxygen atoms in total. The molecule has 0 fully saturated rings. The standard InChI is InChI=1S/C10H19ClN2O3/c11-8-9(14)13-6-4-2-1-3-5-7-16-10(12)15/h1-8H2,(H2,12,15)(H,13,14). The van der Waals surface area contributed by atoms with Crippen LogP contribution in [0, 0.1) is 0 Å². The van der Waals surface area contributed by atoms with Crippen molar-refractivity contribution in [3.05, 3.63) is 0 Å². The molecule has 0 saturated carbocycles. The second kappa shape index (κ2) is 10.5. The van der Waals surface area contributed by atoms with Crippen LogP contribution in [0.2, 0.25) is 0 Å². The number of alkyl halides is 1. The van der Waals surface area contributed by atoms with E-state index >= 15 is 0 Å². The Balaban J connectivity index is 3.04. The predicted molar refractivity (Wildman–Crippen MR) is 62.4 cm³/mol. The molecule has 0 aliphatic heterocycles. The summed E-state index contributed by atoms with van der Waals surface area (Å²) in [5.41, 5.74) is 4.80. The van der Waals surface area contributed by atoms with Crippen LogP contribution in [0.3, 0.4) is 0 Å². The molecule has 0 bridgehead atoms. The number of unbranched alkanes of at least 4 members (excludes halogenated alkanes) is 4. The second-order valence-corrected chi connectivity index (χ2v) is 3.69. The number of hydrogen-bond acceptors (Lipinski definition) is 3. The van der Waals surface area contributed by atoms with Gasteiger partial charge in [-0.1, -0.05) is 19.3 Å². The molecule has 0 radical (unpaired) electrons. The van der Waals surface area contributed by atoms with Crippen LogP contribution >= 0.6 is 11.6 Å². The lowest BCUT2D eigenvalue weighted by atomic mass is 10.1. The summed E-state index contributed by atoms with van der Waals surface area (Å²) in [6, 6.07) is 0. The Morgan fingerprint density at radius 2 is 1.75 bits per heavy atom. The molecule has 0 aliphatic rings. The normalized spacial score (nSPS) is 9.81. The summed E-state index contributed by atoms with van der Waals surface area (Å²) in [5.74, 6) is -0.110. The lowest BCUT2D eigenvalue weighted by Gasteiger charge is -2.03. The monoisotopic (exact) mass is 250 g/mol. The Kier molecular flexibility index (Phi) is 9.91. The molecule has 0 aliphatic carbocycles.